The van der Waals surface area contributed by atoms with E-state index >= 15 is 0 Å². The van der Waals surface area contributed by atoms with Crippen molar-refractivity contribution in [1.29, 1.82) is 0 Å². The largest absolute Gasteiger partial charge is 0.325 e. The lowest BCUT2D eigenvalue weighted by Crippen LogP contribution is -2.41. The quantitative estimate of drug-likeness (QED) is 0.925. The number of nitrogens with one attached hydrogen (secondary N) is 1. The second kappa shape index (κ2) is 6.39. The van der Waals surface area contributed by atoms with Gasteiger partial charge in [-0.15, -0.1) is 0 Å². The lowest BCUT2D eigenvalue weighted by Gasteiger charge is -2.27. The van der Waals surface area contributed by atoms with Gasteiger partial charge in [0.1, 0.15) is 5.78 Å². The van der Waals surface area contributed by atoms with E-state index in [1.54, 1.807) is 0 Å². The van der Waals surface area contributed by atoms with Crippen LogP contribution < -0.4 is 5.32 Å². The Bertz CT molecular complexity index is 515. The molecule has 1 aliphatic carbocycles. The number of rotatable bonds is 4. The van der Waals surface area contributed by atoms with Crippen LogP contribution >= 0.6 is 0 Å². The Kier molecular flexibility index (Phi) is 4.34. The van der Waals surface area contributed by atoms with E-state index in [0.29, 0.717) is 12.3 Å². The Morgan fingerprint density at radius 2 is 2.00 bits per heavy atom. The molecule has 1 N–H and O–H groups in total. The maximum Gasteiger partial charge on any atom is 0.238 e. The monoisotopic (exact) mass is 286 g/mol. The topological polar surface area (TPSA) is 49.4 Å². The van der Waals surface area contributed by atoms with Crippen LogP contribution in [0.25, 0.3) is 0 Å². The highest BCUT2D eigenvalue weighted by atomic mass is 16.2. The predicted octanol–water partition coefficient (Wildman–Crippen LogP) is 2.46. The fourth-order valence-electron chi connectivity index (χ4n) is 3.66. The summed E-state index contributed by atoms with van der Waals surface area (Å²) in [5, 5.41) is 2.93. The first-order valence-corrected chi connectivity index (χ1v) is 7.86. The molecule has 1 aromatic carbocycles. The van der Waals surface area contributed by atoms with Crippen molar-refractivity contribution in [2.24, 2.45) is 5.92 Å². The third-order valence-electron chi connectivity index (χ3n) is 4.63. The van der Waals surface area contributed by atoms with Crippen molar-refractivity contribution >= 4 is 17.4 Å². The van der Waals surface area contributed by atoms with E-state index in [1.807, 2.05) is 30.3 Å². The molecule has 1 saturated heterocycles. The molecule has 0 aromatic heterocycles. The maximum absolute atomic E-state index is 12.2. The van der Waals surface area contributed by atoms with E-state index in [4.69, 9.17) is 0 Å². The van der Waals surface area contributed by atoms with Crippen LogP contribution in [-0.2, 0) is 9.59 Å². The van der Waals surface area contributed by atoms with Gasteiger partial charge in [-0.25, -0.2) is 0 Å². The number of likely N-dealkylation sites (tertiary alicyclic amines) is 1. The highest BCUT2D eigenvalue weighted by Gasteiger charge is 2.38. The first-order valence-electron chi connectivity index (χ1n) is 7.86. The molecule has 3 rings (SSSR count). The summed E-state index contributed by atoms with van der Waals surface area (Å²) in [5.41, 5.74) is 0.829. The molecule has 0 radical (unpaired) electrons. The molecule has 0 bridgehead atoms. The third kappa shape index (κ3) is 3.32. The summed E-state index contributed by atoms with van der Waals surface area (Å²) < 4.78 is 0. The van der Waals surface area contributed by atoms with Gasteiger partial charge >= 0.3 is 0 Å². The maximum atomic E-state index is 12.2. The Morgan fingerprint density at radius 3 is 2.71 bits per heavy atom. The molecule has 1 heterocycles. The summed E-state index contributed by atoms with van der Waals surface area (Å²) in [6.45, 7) is 1.32. The van der Waals surface area contributed by atoms with Gasteiger partial charge < -0.3 is 5.32 Å². The summed E-state index contributed by atoms with van der Waals surface area (Å²) >= 11 is 0. The predicted molar refractivity (Wildman–Crippen MR) is 82.0 cm³/mol. The molecule has 0 spiro atoms. The van der Waals surface area contributed by atoms with Gasteiger partial charge in [0, 0.05) is 24.1 Å². The number of Topliss-reactive ketones (excluding diaryl/α,β-unsaturated/α-hetero) is 1. The smallest absolute Gasteiger partial charge is 0.238 e. The first kappa shape index (κ1) is 14.3. The van der Waals surface area contributed by atoms with Gasteiger partial charge in [-0.3, -0.25) is 14.5 Å². The molecular formula is C17H22N2O2. The fraction of sp³-hybridized carbons (Fsp3) is 0.529. The lowest BCUT2D eigenvalue weighted by molar-refractivity contribution is -0.124. The molecule has 1 aromatic rings. The van der Waals surface area contributed by atoms with Crippen molar-refractivity contribution in [3.05, 3.63) is 30.3 Å². The zero-order chi connectivity index (χ0) is 14.7. The molecule has 2 fully saturated rings. The molecule has 4 nitrogen and oxygen atoms in total. The zero-order valence-corrected chi connectivity index (χ0v) is 12.3. The van der Waals surface area contributed by atoms with Crippen molar-refractivity contribution in [3.63, 3.8) is 0 Å². The highest BCUT2D eigenvalue weighted by Crippen LogP contribution is 2.33. The Balaban J connectivity index is 1.58. The van der Waals surface area contributed by atoms with E-state index in [1.165, 1.54) is 0 Å². The van der Waals surface area contributed by atoms with Gasteiger partial charge in [-0.05, 0) is 44.4 Å². The standard InChI is InChI=1S/C17H22N2O2/c20-16-10-4-8-14(16)15-9-5-11-19(15)12-17(21)18-13-6-2-1-3-7-13/h1-3,6-7,14-15H,4-5,8-12H2,(H,18,21). The minimum atomic E-state index is 0.0125. The number of hydrogen-bond acceptors (Lipinski definition) is 3. The molecule has 1 saturated carbocycles. The van der Waals surface area contributed by atoms with Gasteiger partial charge in [-0.2, -0.15) is 0 Å². The van der Waals surface area contributed by atoms with E-state index in [2.05, 4.69) is 10.2 Å². The zero-order valence-electron chi connectivity index (χ0n) is 12.3. The van der Waals surface area contributed by atoms with Crippen LogP contribution in [0.1, 0.15) is 32.1 Å². The van der Waals surface area contributed by atoms with Crippen molar-refractivity contribution < 1.29 is 9.59 Å². The van der Waals surface area contributed by atoms with E-state index < -0.39 is 0 Å². The molecule has 1 aliphatic heterocycles. The van der Waals surface area contributed by atoms with E-state index in [-0.39, 0.29) is 17.9 Å². The van der Waals surface area contributed by atoms with E-state index in [9.17, 15) is 9.59 Å². The van der Waals surface area contributed by atoms with Gasteiger partial charge in [-0.1, -0.05) is 18.2 Å². The Hall–Kier alpha value is -1.68. The van der Waals surface area contributed by atoms with Crippen molar-refractivity contribution in [1.82, 2.24) is 4.90 Å². The second-order valence-corrected chi connectivity index (χ2v) is 6.06. The van der Waals surface area contributed by atoms with Crippen LogP contribution in [0.3, 0.4) is 0 Å². The van der Waals surface area contributed by atoms with Crippen LogP contribution in [0.2, 0.25) is 0 Å². The molecule has 2 unspecified atom stereocenters. The molecule has 4 heteroatoms. The van der Waals surface area contributed by atoms with Gasteiger partial charge in [0.15, 0.2) is 0 Å². The number of anilines is 1. The third-order valence-corrected chi connectivity index (χ3v) is 4.63. The molecule has 1 amide bonds. The number of ketones is 1. The molecular weight excluding hydrogens is 264 g/mol. The normalized spacial score (nSPS) is 26.2. The van der Waals surface area contributed by atoms with Crippen LogP contribution in [0.5, 0.6) is 0 Å². The summed E-state index contributed by atoms with van der Waals surface area (Å²) in [5.74, 6) is 0.575. The molecule has 2 atom stereocenters. The second-order valence-electron chi connectivity index (χ2n) is 6.06. The highest BCUT2D eigenvalue weighted by molar-refractivity contribution is 5.92. The number of nitrogens with zero attached hydrogens (tertiary/aromatic N) is 1. The van der Waals surface area contributed by atoms with Crippen LogP contribution in [0, 0.1) is 5.92 Å². The fourth-order valence-corrected chi connectivity index (χ4v) is 3.66. The minimum Gasteiger partial charge on any atom is -0.325 e. The van der Waals surface area contributed by atoms with Gasteiger partial charge in [0.25, 0.3) is 0 Å². The number of carbonyl (C=O) groups excluding carboxylic acids is 2. The van der Waals surface area contributed by atoms with Crippen LogP contribution in [-0.4, -0.2) is 35.7 Å². The average Bonchev–Trinajstić information content (AvgIpc) is 3.08. The Labute approximate surface area is 125 Å². The van der Waals surface area contributed by atoms with Crippen LogP contribution in [0.15, 0.2) is 30.3 Å². The summed E-state index contributed by atoms with van der Waals surface area (Å²) in [4.78, 5) is 26.3. The molecule has 2 aliphatic rings. The molecule has 21 heavy (non-hydrogen) atoms. The first-order chi connectivity index (χ1) is 10.2. The molecule has 112 valence electrons. The van der Waals surface area contributed by atoms with Gasteiger partial charge in [0.05, 0.1) is 6.54 Å². The SMILES string of the molecule is O=C(CN1CCCC1C1CCCC1=O)Nc1ccccc1. The van der Waals surface area contributed by atoms with Crippen molar-refractivity contribution in [3.8, 4) is 0 Å². The Morgan fingerprint density at radius 1 is 1.19 bits per heavy atom. The lowest BCUT2D eigenvalue weighted by atomic mass is 9.95. The summed E-state index contributed by atoms with van der Waals surface area (Å²) in [6, 6.07) is 9.80. The number of para-hydroxylation sites is 1. The summed E-state index contributed by atoms with van der Waals surface area (Å²) in [7, 11) is 0. The van der Waals surface area contributed by atoms with Crippen molar-refractivity contribution in [2.45, 2.75) is 38.1 Å². The van der Waals surface area contributed by atoms with Gasteiger partial charge in [0.2, 0.25) is 5.91 Å². The summed E-state index contributed by atoms with van der Waals surface area (Å²) in [6.07, 6.45) is 4.89. The van der Waals surface area contributed by atoms with Crippen LogP contribution in [0.4, 0.5) is 5.69 Å². The number of hydrogen-bond donors (Lipinski definition) is 1. The van der Waals surface area contributed by atoms with E-state index in [0.717, 1.165) is 44.3 Å². The minimum absolute atomic E-state index is 0.0125. The number of amides is 1. The number of carbonyl (C=O) groups is 2. The number of benzene rings is 1. The van der Waals surface area contributed by atoms with Crippen molar-refractivity contribution in [2.75, 3.05) is 18.4 Å². The average molecular weight is 286 g/mol.